The van der Waals surface area contributed by atoms with E-state index in [-0.39, 0.29) is 11.1 Å². The van der Waals surface area contributed by atoms with Crippen molar-refractivity contribution in [3.63, 3.8) is 0 Å². The Balaban J connectivity index is 1.66. The molecule has 2 aromatic heterocycles. The number of hydrogen-bond donors (Lipinski definition) is 1. The fraction of sp³-hybridized carbons (Fsp3) is 0.545. The minimum absolute atomic E-state index is 0.0125. The maximum atomic E-state index is 12.8. The molecule has 1 aliphatic rings. The Morgan fingerprint density at radius 2 is 1.93 bits per heavy atom. The highest BCUT2D eigenvalue weighted by molar-refractivity contribution is 5.79. The number of nitrogens with one attached hydrogen (secondary N) is 1. The zero-order chi connectivity index (χ0) is 20.6. The summed E-state index contributed by atoms with van der Waals surface area (Å²) in [5, 5.41) is 13.5. The molecule has 1 fully saturated rings. The first kappa shape index (κ1) is 19.8. The summed E-state index contributed by atoms with van der Waals surface area (Å²) < 4.78 is 1.89. The largest absolute Gasteiger partial charge is 0.322 e. The molecular formula is C22H30N6O. The average Bonchev–Trinajstić information content (AvgIpc) is 3.33. The van der Waals surface area contributed by atoms with Crippen LogP contribution < -0.4 is 5.56 Å². The van der Waals surface area contributed by atoms with Crippen molar-refractivity contribution >= 4 is 10.9 Å². The van der Waals surface area contributed by atoms with Crippen molar-refractivity contribution in [2.45, 2.75) is 78.0 Å². The predicted octanol–water partition coefficient (Wildman–Crippen LogP) is 3.52. The number of aromatic amines is 1. The average molecular weight is 395 g/mol. The number of nitrogens with zero attached hydrogens (tertiary/aromatic N) is 5. The molecule has 7 nitrogen and oxygen atoms in total. The predicted molar refractivity (Wildman–Crippen MR) is 114 cm³/mol. The zero-order valence-corrected chi connectivity index (χ0v) is 17.8. The van der Waals surface area contributed by atoms with Crippen LogP contribution in [0.3, 0.4) is 0 Å². The molecule has 3 aromatic rings. The first-order valence-corrected chi connectivity index (χ1v) is 10.5. The number of tetrazole rings is 1. The number of H-pyrrole nitrogens is 1. The van der Waals surface area contributed by atoms with E-state index in [9.17, 15) is 4.79 Å². The van der Waals surface area contributed by atoms with E-state index < -0.39 is 0 Å². The summed E-state index contributed by atoms with van der Waals surface area (Å²) in [5.41, 5.74) is 2.63. The molecule has 0 saturated heterocycles. The third kappa shape index (κ3) is 4.24. The van der Waals surface area contributed by atoms with E-state index in [1.165, 1.54) is 12.8 Å². The second kappa shape index (κ2) is 7.71. The molecular weight excluding hydrogens is 364 g/mol. The lowest BCUT2D eigenvalue weighted by Crippen LogP contribution is -2.36. The lowest BCUT2D eigenvalue weighted by Gasteiger charge is -2.29. The van der Waals surface area contributed by atoms with Gasteiger partial charge in [0.05, 0.1) is 12.1 Å². The van der Waals surface area contributed by atoms with Crippen LogP contribution in [-0.4, -0.2) is 36.1 Å². The van der Waals surface area contributed by atoms with Crippen LogP contribution in [0.25, 0.3) is 10.9 Å². The quantitative estimate of drug-likeness (QED) is 0.716. The molecule has 0 bridgehead atoms. The summed E-state index contributed by atoms with van der Waals surface area (Å²) in [7, 11) is 0. The molecule has 0 atom stereocenters. The Labute approximate surface area is 171 Å². The first-order valence-electron chi connectivity index (χ1n) is 10.5. The Morgan fingerprint density at radius 1 is 1.17 bits per heavy atom. The minimum atomic E-state index is -0.182. The number of rotatable bonds is 5. The Bertz CT molecular complexity index is 1060. The molecule has 7 heteroatoms. The summed E-state index contributed by atoms with van der Waals surface area (Å²) in [6, 6.07) is 8.66. The van der Waals surface area contributed by atoms with E-state index in [2.05, 4.69) is 58.3 Å². The number of hydrogen-bond acceptors (Lipinski definition) is 5. The number of pyridine rings is 1. The molecule has 0 unspecified atom stereocenters. The first-order chi connectivity index (χ1) is 13.8. The van der Waals surface area contributed by atoms with Gasteiger partial charge in [-0.25, -0.2) is 4.68 Å². The van der Waals surface area contributed by atoms with Crippen molar-refractivity contribution in [1.82, 2.24) is 30.1 Å². The Hall–Kier alpha value is -2.54. The number of fused-ring (bicyclic) bond motifs is 1. The van der Waals surface area contributed by atoms with Crippen LogP contribution in [0.1, 0.15) is 63.4 Å². The van der Waals surface area contributed by atoms with E-state index in [0.29, 0.717) is 19.1 Å². The van der Waals surface area contributed by atoms with E-state index >= 15 is 0 Å². The summed E-state index contributed by atoms with van der Waals surface area (Å²) in [5.74, 6) is 0.845. The highest BCUT2D eigenvalue weighted by atomic mass is 16.1. The van der Waals surface area contributed by atoms with Gasteiger partial charge in [-0.1, -0.05) is 25.0 Å². The van der Waals surface area contributed by atoms with Gasteiger partial charge in [-0.05, 0) is 74.0 Å². The maximum Gasteiger partial charge on any atom is 0.252 e. The molecule has 1 aliphatic carbocycles. The number of aromatic nitrogens is 5. The Kier molecular flexibility index (Phi) is 5.25. The van der Waals surface area contributed by atoms with Crippen LogP contribution in [0.2, 0.25) is 0 Å². The van der Waals surface area contributed by atoms with Crippen LogP contribution in [0, 0.1) is 6.92 Å². The lowest BCUT2D eigenvalue weighted by atomic mass is 10.1. The van der Waals surface area contributed by atoms with Crippen LogP contribution in [0.4, 0.5) is 0 Å². The van der Waals surface area contributed by atoms with E-state index in [1.54, 1.807) is 0 Å². The standard InChI is InChI=1S/C22H30N6O/c1-15-9-10-16-12-17(21(29)23-19(16)11-15)13-27(18-7-5-6-8-18)14-20-24-25-26-28(20)22(2,3)4/h9-12,18H,5-8,13-14H2,1-4H3,(H,23,29). The fourth-order valence-electron chi connectivity index (χ4n) is 4.29. The van der Waals surface area contributed by atoms with E-state index in [0.717, 1.165) is 40.7 Å². The number of aryl methyl sites for hydroxylation is 1. The minimum Gasteiger partial charge on any atom is -0.322 e. The molecule has 29 heavy (non-hydrogen) atoms. The van der Waals surface area contributed by atoms with Gasteiger partial charge < -0.3 is 4.98 Å². The van der Waals surface area contributed by atoms with Gasteiger partial charge in [0.25, 0.3) is 5.56 Å². The van der Waals surface area contributed by atoms with Crippen molar-refractivity contribution in [1.29, 1.82) is 0 Å². The van der Waals surface area contributed by atoms with Crippen molar-refractivity contribution in [2.24, 2.45) is 0 Å². The van der Waals surface area contributed by atoms with E-state index in [1.807, 2.05) is 23.7 Å². The highest BCUT2D eigenvalue weighted by Crippen LogP contribution is 2.27. The third-order valence-corrected chi connectivity index (χ3v) is 5.81. The smallest absolute Gasteiger partial charge is 0.252 e. The number of benzene rings is 1. The molecule has 0 spiro atoms. The SMILES string of the molecule is Cc1ccc2cc(CN(Cc3nnnn3C(C)(C)C)C3CCCC3)c(=O)[nH]c2c1. The second-order valence-electron chi connectivity index (χ2n) is 9.24. The Morgan fingerprint density at radius 3 is 2.66 bits per heavy atom. The maximum absolute atomic E-state index is 12.8. The van der Waals surface area contributed by atoms with Crippen LogP contribution in [-0.2, 0) is 18.6 Å². The van der Waals surface area contributed by atoms with Gasteiger partial charge in [-0.15, -0.1) is 5.10 Å². The molecule has 4 rings (SSSR count). The molecule has 1 saturated carbocycles. The highest BCUT2D eigenvalue weighted by Gasteiger charge is 2.27. The lowest BCUT2D eigenvalue weighted by molar-refractivity contribution is 0.167. The molecule has 0 aliphatic heterocycles. The topological polar surface area (TPSA) is 79.7 Å². The van der Waals surface area contributed by atoms with Crippen LogP contribution in [0.15, 0.2) is 29.1 Å². The molecule has 0 amide bonds. The third-order valence-electron chi connectivity index (χ3n) is 5.81. The molecule has 154 valence electrons. The molecule has 0 radical (unpaired) electrons. The molecule has 1 aromatic carbocycles. The van der Waals surface area contributed by atoms with Gasteiger partial charge in [-0.2, -0.15) is 0 Å². The van der Waals surface area contributed by atoms with Gasteiger partial charge in [-0.3, -0.25) is 9.69 Å². The monoisotopic (exact) mass is 394 g/mol. The van der Waals surface area contributed by atoms with Gasteiger partial charge in [0.15, 0.2) is 5.82 Å². The van der Waals surface area contributed by atoms with E-state index in [4.69, 9.17) is 0 Å². The second-order valence-corrected chi connectivity index (χ2v) is 9.24. The van der Waals surface area contributed by atoms with Gasteiger partial charge in [0.2, 0.25) is 0 Å². The summed E-state index contributed by atoms with van der Waals surface area (Å²) >= 11 is 0. The summed E-state index contributed by atoms with van der Waals surface area (Å²) in [6.45, 7) is 9.57. The van der Waals surface area contributed by atoms with Crippen LogP contribution >= 0.6 is 0 Å². The van der Waals surface area contributed by atoms with Gasteiger partial charge in [0.1, 0.15) is 0 Å². The molecule has 1 N–H and O–H groups in total. The summed E-state index contributed by atoms with van der Waals surface area (Å²) in [4.78, 5) is 18.2. The van der Waals surface area contributed by atoms with Crippen LogP contribution in [0.5, 0.6) is 0 Å². The molecule has 2 heterocycles. The van der Waals surface area contributed by atoms with Gasteiger partial charge >= 0.3 is 0 Å². The normalized spacial score (nSPS) is 15.6. The fourth-order valence-corrected chi connectivity index (χ4v) is 4.29. The summed E-state index contributed by atoms with van der Waals surface area (Å²) in [6.07, 6.45) is 4.78. The van der Waals surface area contributed by atoms with Gasteiger partial charge in [0, 0.05) is 23.7 Å². The van der Waals surface area contributed by atoms with Crippen molar-refractivity contribution < 1.29 is 0 Å². The van der Waals surface area contributed by atoms with Crippen molar-refractivity contribution in [2.75, 3.05) is 0 Å². The zero-order valence-electron chi connectivity index (χ0n) is 17.8. The van der Waals surface area contributed by atoms with Crippen molar-refractivity contribution in [3.8, 4) is 0 Å². The van der Waals surface area contributed by atoms with Crippen molar-refractivity contribution in [3.05, 3.63) is 51.6 Å².